The lowest BCUT2D eigenvalue weighted by Crippen LogP contribution is -2.63. The van der Waals surface area contributed by atoms with Crippen molar-refractivity contribution in [1.29, 1.82) is 0 Å². The van der Waals surface area contributed by atoms with Crippen LogP contribution in [0.1, 0.15) is 6.92 Å². The van der Waals surface area contributed by atoms with E-state index in [0.717, 1.165) is 0 Å². The van der Waals surface area contributed by atoms with Crippen LogP contribution in [0.4, 0.5) is 26.3 Å². The molecule has 0 bridgehead atoms. The normalized spacial score (nSPS) is 14.5. The van der Waals surface area contributed by atoms with Gasteiger partial charge in [0.1, 0.15) is 17.1 Å². The number of esters is 2. The van der Waals surface area contributed by atoms with Crippen molar-refractivity contribution >= 4 is 34.5 Å². The smallest absolute Gasteiger partial charge is 0.437 e. The summed E-state index contributed by atoms with van der Waals surface area (Å²) in [5, 5.41) is 8.62. The van der Waals surface area contributed by atoms with E-state index in [-0.39, 0.29) is 0 Å². The molecule has 5 nitrogen and oxygen atoms in total. The zero-order valence-corrected chi connectivity index (χ0v) is 12.4. The van der Waals surface area contributed by atoms with E-state index in [4.69, 9.17) is 5.11 Å². The van der Waals surface area contributed by atoms with E-state index in [9.17, 15) is 35.9 Å². The standard InChI is InChI=1S/C9H9F6IO5/c1-4(16)5(17)20-2-3-21-6(18)7(19,8(10,11)12)9(13,14)15/h4,19H,2-3H2,1H3. The molecule has 0 amide bonds. The number of halogens is 7. The second kappa shape index (κ2) is 6.98. The van der Waals surface area contributed by atoms with E-state index in [1.54, 1.807) is 22.6 Å². The summed E-state index contributed by atoms with van der Waals surface area (Å²) in [4.78, 5) is 21.8. The predicted octanol–water partition coefficient (Wildman–Crippen LogP) is 1.75. The van der Waals surface area contributed by atoms with Crippen molar-refractivity contribution in [1.82, 2.24) is 0 Å². The van der Waals surface area contributed by atoms with Crippen LogP contribution in [0.2, 0.25) is 0 Å². The molecule has 0 fully saturated rings. The van der Waals surface area contributed by atoms with Gasteiger partial charge in [-0.25, -0.2) is 4.79 Å². The van der Waals surface area contributed by atoms with Gasteiger partial charge in [-0.2, -0.15) is 26.3 Å². The number of hydrogen-bond acceptors (Lipinski definition) is 5. The number of alkyl halides is 7. The van der Waals surface area contributed by atoms with E-state index >= 15 is 0 Å². The van der Waals surface area contributed by atoms with E-state index < -0.39 is 47.0 Å². The first kappa shape index (κ1) is 20.2. The molecule has 0 aliphatic rings. The van der Waals surface area contributed by atoms with Crippen LogP contribution in [0.5, 0.6) is 0 Å². The van der Waals surface area contributed by atoms with Crippen molar-refractivity contribution in [3.8, 4) is 0 Å². The molecule has 1 N–H and O–H groups in total. The highest BCUT2D eigenvalue weighted by Gasteiger charge is 2.76. The predicted molar refractivity (Wildman–Crippen MR) is 62.5 cm³/mol. The Labute approximate surface area is 127 Å². The quantitative estimate of drug-likeness (QED) is 0.233. The second-order valence-electron chi connectivity index (χ2n) is 3.63. The Balaban J connectivity index is 4.71. The third kappa shape index (κ3) is 4.86. The molecular formula is C9H9F6IO5. The SMILES string of the molecule is CC(I)C(=O)OCCOC(=O)C(O)(C(F)(F)F)C(F)(F)F. The van der Waals surface area contributed by atoms with Crippen LogP contribution in [0.3, 0.4) is 0 Å². The molecule has 0 rings (SSSR count). The summed E-state index contributed by atoms with van der Waals surface area (Å²) < 4.78 is 80.9. The Morgan fingerprint density at radius 1 is 1.05 bits per heavy atom. The van der Waals surface area contributed by atoms with Crippen molar-refractivity contribution in [3.63, 3.8) is 0 Å². The molecule has 1 atom stereocenters. The average molecular weight is 438 g/mol. The fourth-order valence-electron chi connectivity index (χ4n) is 0.888. The molecule has 0 aromatic heterocycles. The molecule has 0 saturated heterocycles. The Morgan fingerprint density at radius 2 is 1.43 bits per heavy atom. The maximum absolute atomic E-state index is 12.2. The maximum atomic E-state index is 12.2. The summed E-state index contributed by atoms with van der Waals surface area (Å²) in [6, 6.07) is 0. The van der Waals surface area contributed by atoms with Crippen LogP contribution in [0, 0.1) is 0 Å². The lowest BCUT2D eigenvalue weighted by molar-refractivity contribution is -0.357. The lowest BCUT2D eigenvalue weighted by atomic mass is 10.0. The molecule has 0 radical (unpaired) electrons. The highest BCUT2D eigenvalue weighted by Crippen LogP contribution is 2.43. The summed E-state index contributed by atoms with van der Waals surface area (Å²) in [6.07, 6.45) is -12.6. The summed E-state index contributed by atoms with van der Waals surface area (Å²) in [5.41, 5.74) is -5.64. The highest BCUT2D eigenvalue weighted by molar-refractivity contribution is 14.1. The number of rotatable bonds is 5. The summed E-state index contributed by atoms with van der Waals surface area (Å²) in [7, 11) is 0. The molecule has 0 aromatic carbocycles. The van der Waals surface area contributed by atoms with Crippen LogP contribution in [0.25, 0.3) is 0 Å². The Morgan fingerprint density at radius 3 is 1.76 bits per heavy atom. The third-order valence-electron chi connectivity index (χ3n) is 2.00. The molecule has 124 valence electrons. The van der Waals surface area contributed by atoms with Crippen LogP contribution in [-0.4, -0.2) is 52.1 Å². The van der Waals surface area contributed by atoms with Crippen molar-refractivity contribution < 1.29 is 50.5 Å². The maximum Gasteiger partial charge on any atom is 0.437 e. The van der Waals surface area contributed by atoms with Gasteiger partial charge in [0.25, 0.3) is 0 Å². The minimum absolute atomic E-state index is 0.611. The molecule has 0 spiro atoms. The lowest BCUT2D eigenvalue weighted by Gasteiger charge is -2.29. The summed E-state index contributed by atoms with van der Waals surface area (Å²) >= 11 is 1.65. The van der Waals surface area contributed by atoms with Crippen LogP contribution < -0.4 is 0 Å². The van der Waals surface area contributed by atoms with E-state index in [2.05, 4.69) is 9.47 Å². The topological polar surface area (TPSA) is 72.8 Å². The number of carbonyl (C=O) groups is 2. The largest absolute Gasteiger partial charge is 0.461 e. The molecule has 0 aromatic rings. The van der Waals surface area contributed by atoms with Gasteiger partial charge in [-0.3, -0.25) is 4.79 Å². The fraction of sp³-hybridized carbons (Fsp3) is 0.778. The van der Waals surface area contributed by atoms with Gasteiger partial charge in [0, 0.05) is 0 Å². The third-order valence-corrected chi connectivity index (χ3v) is 2.51. The van der Waals surface area contributed by atoms with Crippen molar-refractivity contribution in [2.75, 3.05) is 13.2 Å². The molecule has 0 aliphatic carbocycles. The van der Waals surface area contributed by atoms with Crippen molar-refractivity contribution in [2.45, 2.75) is 28.8 Å². The molecule has 0 heterocycles. The van der Waals surface area contributed by atoms with Crippen LogP contribution in [0.15, 0.2) is 0 Å². The van der Waals surface area contributed by atoms with E-state index in [1.165, 1.54) is 6.92 Å². The minimum Gasteiger partial charge on any atom is -0.461 e. The van der Waals surface area contributed by atoms with Gasteiger partial charge in [0.05, 0.1) is 0 Å². The molecule has 12 heteroatoms. The number of hydrogen-bond donors (Lipinski definition) is 1. The van der Waals surface area contributed by atoms with E-state index in [0.29, 0.717) is 0 Å². The van der Waals surface area contributed by atoms with Gasteiger partial charge in [0.2, 0.25) is 0 Å². The monoisotopic (exact) mass is 438 g/mol. The molecule has 0 saturated carbocycles. The van der Waals surface area contributed by atoms with Gasteiger partial charge in [-0.15, -0.1) is 0 Å². The first-order valence-electron chi connectivity index (χ1n) is 5.09. The van der Waals surface area contributed by atoms with Gasteiger partial charge in [-0.1, -0.05) is 22.6 Å². The first-order chi connectivity index (χ1) is 9.25. The van der Waals surface area contributed by atoms with Gasteiger partial charge in [-0.05, 0) is 6.92 Å². The van der Waals surface area contributed by atoms with Gasteiger partial charge >= 0.3 is 29.9 Å². The van der Waals surface area contributed by atoms with Crippen LogP contribution in [-0.2, 0) is 19.1 Å². The zero-order valence-electron chi connectivity index (χ0n) is 10.2. The Kier molecular flexibility index (Phi) is 6.72. The Bertz CT molecular complexity index is 377. The van der Waals surface area contributed by atoms with Crippen molar-refractivity contribution in [2.24, 2.45) is 0 Å². The number of ether oxygens (including phenoxy) is 2. The first-order valence-corrected chi connectivity index (χ1v) is 6.33. The number of carbonyl (C=O) groups excluding carboxylic acids is 2. The van der Waals surface area contributed by atoms with E-state index in [1.807, 2.05) is 0 Å². The Hall–Kier alpha value is -0.790. The van der Waals surface area contributed by atoms with Crippen LogP contribution >= 0.6 is 22.6 Å². The average Bonchev–Trinajstić information content (AvgIpc) is 2.29. The highest BCUT2D eigenvalue weighted by atomic mass is 127. The van der Waals surface area contributed by atoms with Gasteiger partial charge in [0.15, 0.2) is 0 Å². The molecule has 1 unspecified atom stereocenters. The summed E-state index contributed by atoms with van der Waals surface area (Å²) in [6.45, 7) is -0.396. The molecule has 0 aliphatic heterocycles. The van der Waals surface area contributed by atoms with Crippen molar-refractivity contribution in [3.05, 3.63) is 0 Å². The zero-order chi connectivity index (χ0) is 17.1. The second-order valence-corrected chi connectivity index (χ2v) is 5.49. The summed E-state index contributed by atoms with van der Waals surface area (Å²) in [5.74, 6) is -3.74. The molecular weight excluding hydrogens is 429 g/mol. The van der Waals surface area contributed by atoms with Gasteiger partial charge < -0.3 is 14.6 Å². The fourth-order valence-corrected chi connectivity index (χ4v) is 1.07. The minimum atomic E-state index is -6.31. The number of aliphatic hydroxyl groups is 1. The molecule has 21 heavy (non-hydrogen) atoms.